The van der Waals surface area contributed by atoms with Crippen LogP contribution < -0.4 is 12.4 Å². The standard InChI is InChI=1S/C13H16ClNO2.ClH/c1-15-8-2-3-12(9-15)17-13(16)10-4-6-11(14)7-5-10;/h4-7,12H,2-3,8-9H2,1H3;1H/p-1. The summed E-state index contributed by atoms with van der Waals surface area (Å²) in [5, 5.41) is 0.624. The van der Waals surface area contributed by atoms with Gasteiger partial charge in [-0.3, -0.25) is 0 Å². The number of likely N-dealkylation sites (tertiary alicyclic amines) is 1. The Labute approximate surface area is 118 Å². The van der Waals surface area contributed by atoms with Gasteiger partial charge in [0.1, 0.15) is 6.10 Å². The van der Waals surface area contributed by atoms with E-state index in [1.54, 1.807) is 24.3 Å². The molecule has 0 spiro atoms. The van der Waals surface area contributed by atoms with Crippen LogP contribution in [-0.2, 0) is 4.74 Å². The fourth-order valence-corrected chi connectivity index (χ4v) is 2.15. The predicted octanol–water partition coefficient (Wildman–Crippen LogP) is -0.405. The molecule has 3 nitrogen and oxygen atoms in total. The Hall–Kier alpha value is -0.770. The lowest BCUT2D eigenvalue weighted by molar-refractivity contribution is -0.0000823. The van der Waals surface area contributed by atoms with E-state index in [4.69, 9.17) is 16.3 Å². The summed E-state index contributed by atoms with van der Waals surface area (Å²) < 4.78 is 5.46. The van der Waals surface area contributed by atoms with E-state index in [9.17, 15) is 4.79 Å². The van der Waals surface area contributed by atoms with Gasteiger partial charge >= 0.3 is 5.97 Å². The van der Waals surface area contributed by atoms with E-state index in [-0.39, 0.29) is 24.5 Å². The van der Waals surface area contributed by atoms with Crippen LogP contribution >= 0.6 is 11.6 Å². The summed E-state index contributed by atoms with van der Waals surface area (Å²) >= 11 is 5.77. The number of hydrogen-bond acceptors (Lipinski definition) is 3. The molecule has 1 aromatic carbocycles. The molecular weight excluding hydrogens is 273 g/mol. The van der Waals surface area contributed by atoms with Crippen molar-refractivity contribution in [2.24, 2.45) is 0 Å². The molecule has 1 aliphatic rings. The SMILES string of the molecule is CN1CCCC(OC(=O)c2ccc(Cl)cc2)C1.[Cl-]. The van der Waals surface area contributed by atoms with Crippen molar-refractivity contribution in [2.45, 2.75) is 18.9 Å². The first-order valence-corrected chi connectivity index (χ1v) is 6.18. The second-order valence-corrected chi connectivity index (χ2v) is 4.88. The van der Waals surface area contributed by atoms with Crippen LogP contribution in [0.3, 0.4) is 0 Å². The van der Waals surface area contributed by atoms with Crippen LogP contribution in [-0.4, -0.2) is 37.1 Å². The number of piperidine rings is 1. The van der Waals surface area contributed by atoms with Crippen molar-refractivity contribution in [1.82, 2.24) is 4.90 Å². The zero-order chi connectivity index (χ0) is 12.3. The lowest BCUT2D eigenvalue weighted by Gasteiger charge is -2.29. The molecule has 0 saturated carbocycles. The number of benzene rings is 1. The minimum absolute atomic E-state index is 0. The van der Waals surface area contributed by atoms with Crippen molar-refractivity contribution in [1.29, 1.82) is 0 Å². The summed E-state index contributed by atoms with van der Waals surface area (Å²) in [5.41, 5.74) is 0.558. The van der Waals surface area contributed by atoms with Gasteiger partial charge in [0.25, 0.3) is 0 Å². The predicted molar refractivity (Wildman–Crippen MR) is 67.4 cm³/mol. The number of rotatable bonds is 2. The Kier molecular flexibility index (Phi) is 5.93. The number of esters is 1. The summed E-state index contributed by atoms with van der Waals surface area (Å²) in [6.45, 7) is 1.90. The molecule has 0 aromatic heterocycles. The van der Waals surface area contributed by atoms with E-state index >= 15 is 0 Å². The molecule has 0 radical (unpaired) electrons. The van der Waals surface area contributed by atoms with Crippen LogP contribution in [0.1, 0.15) is 23.2 Å². The highest BCUT2D eigenvalue weighted by atomic mass is 35.5. The lowest BCUT2D eigenvalue weighted by atomic mass is 10.1. The van der Waals surface area contributed by atoms with Gasteiger partial charge in [-0.05, 0) is 50.7 Å². The number of nitrogens with zero attached hydrogens (tertiary/aromatic N) is 1. The van der Waals surface area contributed by atoms with Gasteiger partial charge in [0, 0.05) is 11.6 Å². The minimum Gasteiger partial charge on any atom is -1.00 e. The van der Waals surface area contributed by atoms with Gasteiger partial charge in [0.2, 0.25) is 0 Å². The van der Waals surface area contributed by atoms with Crippen LogP contribution in [0.15, 0.2) is 24.3 Å². The van der Waals surface area contributed by atoms with Crippen LogP contribution in [0.25, 0.3) is 0 Å². The molecule has 2 rings (SSSR count). The Morgan fingerprint density at radius 2 is 2.06 bits per heavy atom. The Morgan fingerprint density at radius 1 is 1.39 bits per heavy atom. The van der Waals surface area contributed by atoms with Gasteiger partial charge in [-0.2, -0.15) is 0 Å². The fourth-order valence-electron chi connectivity index (χ4n) is 2.02. The number of halogens is 2. The molecule has 1 aliphatic heterocycles. The highest BCUT2D eigenvalue weighted by molar-refractivity contribution is 6.30. The zero-order valence-corrected chi connectivity index (χ0v) is 11.7. The van der Waals surface area contributed by atoms with Crippen molar-refractivity contribution < 1.29 is 21.9 Å². The van der Waals surface area contributed by atoms with Gasteiger partial charge in [-0.25, -0.2) is 4.79 Å². The van der Waals surface area contributed by atoms with Gasteiger partial charge < -0.3 is 22.0 Å². The molecule has 1 unspecified atom stereocenters. The summed E-state index contributed by atoms with van der Waals surface area (Å²) in [6, 6.07) is 6.78. The molecule has 5 heteroatoms. The molecule has 1 fully saturated rings. The van der Waals surface area contributed by atoms with E-state index in [2.05, 4.69) is 4.90 Å². The summed E-state index contributed by atoms with van der Waals surface area (Å²) in [7, 11) is 2.04. The van der Waals surface area contributed by atoms with E-state index in [1.807, 2.05) is 7.05 Å². The van der Waals surface area contributed by atoms with E-state index < -0.39 is 0 Å². The summed E-state index contributed by atoms with van der Waals surface area (Å²) in [4.78, 5) is 14.0. The molecule has 100 valence electrons. The number of carbonyl (C=O) groups excluding carboxylic acids is 1. The van der Waals surface area contributed by atoms with E-state index in [0.29, 0.717) is 10.6 Å². The molecule has 1 aromatic rings. The maximum Gasteiger partial charge on any atom is 0.338 e. The first-order chi connectivity index (χ1) is 8.15. The third kappa shape index (κ3) is 4.16. The second kappa shape index (κ2) is 6.98. The van der Waals surface area contributed by atoms with E-state index in [0.717, 1.165) is 25.9 Å². The zero-order valence-electron chi connectivity index (χ0n) is 10.2. The average molecular weight is 289 g/mol. The topological polar surface area (TPSA) is 29.5 Å². The van der Waals surface area contributed by atoms with Gasteiger partial charge in [0.15, 0.2) is 0 Å². The minimum atomic E-state index is -0.262. The molecular formula is C13H16Cl2NO2-. The third-order valence-corrected chi connectivity index (χ3v) is 3.19. The summed E-state index contributed by atoms with van der Waals surface area (Å²) in [6.07, 6.45) is 2.04. The van der Waals surface area contributed by atoms with Gasteiger partial charge in [-0.15, -0.1) is 0 Å². The number of carbonyl (C=O) groups is 1. The van der Waals surface area contributed by atoms with Gasteiger partial charge in [-0.1, -0.05) is 11.6 Å². The monoisotopic (exact) mass is 288 g/mol. The van der Waals surface area contributed by atoms with Crippen molar-refractivity contribution in [3.63, 3.8) is 0 Å². The highest BCUT2D eigenvalue weighted by Crippen LogP contribution is 2.15. The highest BCUT2D eigenvalue weighted by Gasteiger charge is 2.21. The first kappa shape index (κ1) is 15.3. The number of ether oxygens (including phenoxy) is 1. The van der Waals surface area contributed by atoms with Crippen LogP contribution in [0.5, 0.6) is 0 Å². The van der Waals surface area contributed by atoms with Crippen molar-refractivity contribution >= 4 is 17.6 Å². The van der Waals surface area contributed by atoms with E-state index in [1.165, 1.54) is 0 Å². The normalized spacial score (nSPS) is 20.0. The fraction of sp³-hybridized carbons (Fsp3) is 0.462. The average Bonchev–Trinajstić information content (AvgIpc) is 2.29. The van der Waals surface area contributed by atoms with Gasteiger partial charge in [0.05, 0.1) is 5.56 Å². The smallest absolute Gasteiger partial charge is 0.338 e. The molecule has 1 saturated heterocycles. The van der Waals surface area contributed by atoms with Crippen LogP contribution in [0.4, 0.5) is 0 Å². The lowest BCUT2D eigenvalue weighted by Crippen LogP contribution is -3.00. The van der Waals surface area contributed by atoms with Crippen molar-refractivity contribution in [3.05, 3.63) is 34.9 Å². The number of likely N-dealkylation sites (N-methyl/N-ethyl adjacent to an activating group) is 1. The Balaban J connectivity index is 0.00000162. The molecule has 0 bridgehead atoms. The van der Waals surface area contributed by atoms with Crippen molar-refractivity contribution in [2.75, 3.05) is 20.1 Å². The molecule has 0 aliphatic carbocycles. The van der Waals surface area contributed by atoms with Crippen LogP contribution in [0, 0.1) is 0 Å². The molecule has 1 heterocycles. The molecule has 18 heavy (non-hydrogen) atoms. The first-order valence-electron chi connectivity index (χ1n) is 5.80. The summed E-state index contributed by atoms with van der Waals surface area (Å²) in [5.74, 6) is -0.262. The second-order valence-electron chi connectivity index (χ2n) is 4.44. The third-order valence-electron chi connectivity index (χ3n) is 2.93. The number of hydrogen-bond donors (Lipinski definition) is 0. The van der Waals surface area contributed by atoms with Crippen LogP contribution in [0.2, 0.25) is 5.02 Å². The maximum atomic E-state index is 11.8. The largest absolute Gasteiger partial charge is 1.00 e. The molecule has 1 atom stereocenters. The quantitative estimate of drug-likeness (QED) is 0.694. The molecule has 0 amide bonds. The molecule has 0 N–H and O–H groups in total. The maximum absolute atomic E-state index is 11.8. The van der Waals surface area contributed by atoms with Crippen molar-refractivity contribution in [3.8, 4) is 0 Å². The Morgan fingerprint density at radius 3 is 2.67 bits per heavy atom. The Bertz CT molecular complexity index is 394.